The third kappa shape index (κ3) is 1.45. The van der Waals surface area contributed by atoms with Crippen molar-refractivity contribution >= 4 is 11.6 Å². The van der Waals surface area contributed by atoms with Crippen LogP contribution in [0, 0.1) is 18.9 Å². The van der Waals surface area contributed by atoms with E-state index in [0.717, 1.165) is 6.42 Å². The lowest BCUT2D eigenvalue weighted by molar-refractivity contribution is 0.0967. The zero-order valence-electron chi connectivity index (χ0n) is 11.5. The molecule has 3 aliphatic rings. The Balaban J connectivity index is 1.97. The van der Waals surface area contributed by atoms with Gasteiger partial charge in [-0.2, -0.15) is 0 Å². The van der Waals surface area contributed by atoms with Crippen LogP contribution in [-0.4, -0.2) is 18.7 Å². The highest BCUT2D eigenvalue weighted by Crippen LogP contribution is 2.50. The van der Waals surface area contributed by atoms with Gasteiger partial charge in [0.2, 0.25) is 0 Å². The van der Waals surface area contributed by atoms with Gasteiger partial charge in [0, 0.05) is 34.6 Å². The Labute approximate surface area is 122 Å². The average molecular weight is 281 g/mol. The van der Waals surface area contributed by atoms with E-state index in [-0.39, 0.29) is 23.4 Å². The monoisotopic (exact) mass is 281 g/mol. The van der Waals surface area contributed by atoms with Crippen LogP contribution in [0.5, 0.6) is 11.5 Å². The van der Waals surface area contributed by atoms with Crippen molar-refractivity contribution in [3.63, 3.8) is 0 Å². The average Bonchev–Trinajstić information content (AvgIpc) is 3.12. The number of Topliss-reactive ketones (excluding diaryl/α,β-unsaturated/α-hetero) is 2. The number of allylic oxidation sites excluding steroid dienone is 4. The van der Waals surface area contributed by atoms with E-state index in [0.29, 0.717) is 33.8 Å². The second kappa shape index (κ2) is 4.07. The maximum absolute atomic E-state index is 12.8. The summed E-state index contributed by atoms with van der Waals surface area (Å²) in [7, 11) is 4.89. The molecule has 2 bridgehead atoms. The van der Waals surface area contributed by atoms with Crippen LogP contribution in [0.15, 0.2) is 35.4 Å². The minimum atomic E-state index is -0.113. The number of hydrogen-bond acceptors (Lipinski definition) is 4. The largest absolute Gasteiger partial charge is 0.497 e. The van der Waals surface area contributed by atoms with Crippen molar-refractivity contribution in [1.29, 1.82) is 0 Å². The first-order valence-corrected chi connectivity index (χ1v) is 6.81. The summed E-state index contributed by atoms with van der Waals surface area (Å²) in [4.78, 5) is 25.6. The first kappa shape index (κ1) is 12.4. The van der Waals surface area contributed by atoms with E-state index in [4.69, 9.17) is 9.47 Å². The summed E-state index contributed by atoms with van der Waals surface area (Å²) in [5.41, 5.74) is 1.97. The third-order valence-corrected chi connectivity index (χ3v) is 4.54. The molecule has 0 aliphatic heterocycles. The third-order valence-electron chi connectivity index (χ3n) is 4.54. The van der Waals surface area contributed by atoms with Crippen LogP contribution in [0.4, 0.5) is 0 Å². The Bertz CT molecular complexity index is 754. The van der Waals surface area contributed by atoms with Gasteiger partial charge < -0.3 is 9.47 Å². The van der Waals surface area contributed by atoms with E-state index in [1.54, 1.807) is 12.1 Å². The summed E-state index contributed by atoms with van der Waals surface area (Å²) in [6.45, 7) is 0. The molecular weight excluding hydrogens is 268 g/mol. The Morgan fingerprint density at radius 1 is 1.10 bits per heavy atom. The van der Waals surface area contributed by atoms with E-state index in [1.165, 1.54) is 7.11 Å². The number of fused-ring (bicyclic) bond motifs is 5. The minimum Gasteiger partial charge on any atom is -0.497 e. The van der Waals surface area contributed by atoms with Crippen LogP contribution in [0.3, 0.4) is 0 Å². The van der Waals surface area contributed by atoms with Crippen LogP contribution >= 0.6 is 0 Å². The van der Waals surface area contributed by atoms with Crippen molar-refractivity contribution in [2.45, 2.75) is 6.42 Å². The highest BCUT2D eigenvalue weighted by Gasteiger charge is 2.46. The summed E-state index contributed by atoms with van der Waals surface area (Å²) in [6.07, 6.45) is 4.88. The molecule has 1 radical (unpaired) electrons. The summed E-state index contributed by atoms with van der Waals surface area (Å²) in [6, 6.07) is 3.20. The lowest BCUT2D eigenvalue weighted by Gasteiger charge is -2.23. The molecule has 0 N–H and O–H groups in total. The molecule has 0 heterocycles. The number of carbonyl (C=O) groups is 2. The maximum Gasteiger partial charge on any atom is 0.194 e. The number of ketones is 2. The molecule has 1 aromatic carbocycles. The highest BCUT2D eigenvalue weighted by molar-refractivity contribution is 6.29. The summed E-state index contributed by atoms with van der Waals surface area (Å²) in [5.74, 6) is 0.711. The molecule has 1 aromatic rings. The Morgan fingerprint density at radius 3 is 2.38 bits per heavy atom. The van der Waals surface area contributed by atoms with Crippen LogP contribution in [0.25, 0.3) is 0 Å². The molecule has 105 valence electrons. The molecule has 0 amide bonds. The predicted molar refractivity (Wildman–Crippen MR) is 75.4 cm³/mol. The van der Waals surface area contributed by atoms with E-state index in [9.17, 15) is 9.59 Å². The molecule has 2 atom stereocenters. The Kier molecular flexibility index (Phi) is 2.40. The van der Waals surface area contributed by atoms with Gasteiger partial charge in [0.05, 0.1) is 12.7 Å². The highest BCUT2D eigenvalue weighted by atomic mass is 16.5. The molecule has 21 heavy (non-hydrogen) atoms. The molecule has 0 fully saturated rings. The quantitative estimate of drug-likeness (QED) is 0.782. The van der Waals surface area contributed by atoms with Gasteiger partial charge in [-0.15, -0.1) is 0 Å². The molecule has 3 aliphatic carbocycles. The number of rotatable bonds is 2. The second-order valence-electron chi connectivity index (χ2n) is 5.51. The van der Waals surface area contributed by atoms with Crippen molar-refractivity contribution < 1.29 is 19.1 Å². The number of ether oxygens (including phenoxy) is 2. The smallest absolute Gasteiger partial charge is 0.194 e. The van der Waals surface area contributed by atoms with Crippen molar-refractivity contribution in [2.24, 2.45) is 11.8 Å². The minimum absolute atomic E-state index is 0.0642. The first-order chi connectivity index (χ1) is 10.2. The fraction of sp³-hybridized carbons (Fsp3) is 0.235. The van der Waals surface area contributed by atoms with Gasteiger partial charge in [0.15, 0.2) is 11.6 Å². The SMILES string of the molecule is [CH2]Oc1cc(OC)cc2c1C(=O)C1=C(C2=O)C2C=CC1C2. The van der Waals surface area contributed by atoms with Gasteiger partial charge in [-0.3, -0.25) is 9.59 Å². The van der Waals surface area contributed by atoms with Gasteiger partial charge in [0.25, 0.3) is 0 Å². The maximum atomic E-state index is 12.8. The van der Waals surface area contributed by atoms with Gasteiger partial charge in [0.1, 0.15) is 18.6 Å². The Morgan fingerprint density at radius 2 is 1.76 bits per heavy atom. The van der Waals surface area contributed by atoms with Gasteiger partial charge in [-0.1, -0.05) is 12.2 Å². The number of benzene rings is 1. The Hall–Kier alpha value is -2.36. The van der Waals surface area contributed by atoms with Crippen molar-refractivity contribution in [2.75, 3.05) is 7.11 Å². The molecule has 4 nitrogen and oxygen atoms in total. The molecular formula is C17H13O4. The number of carbonyl (C=O) groups excluding carboxylic acids is 2. The van der Waals surface area contributed by atoms with Crippen LogP contribution in [-0.2, 0) is 0 Å². The van der Waals surface area contributed by atoms with E-state index in [2.05, 4.69) is 7.11 Å². The number of methoxy groups -OCH3 is 1. The lowest BCUT2D eigenvalue weighted by Crippen LogP contribution is -2.25. The molecule has 0 saturated heterocycles. The number of hydrogen-bond donors (Lipinski definition) is 0. The molecule has 4 heteroatoms. The van der Waals surface area contributed by atoms with E-state index in [1.807, 2.05) is 12.2 Å². The van der Waals surface area contributed by atoms with Crippen molar-refractivity contribution in [3.05, 3.63) is 53.7 Å². The molecule has 0 aromatic heterocycles. The molecule has 0 spiro atoms. The first-order valence-electron chi connectivity index (χ1n) is 6.81. The van der Waals surface area contributed by atoms with Crippen molar-refractivity contribution in [1.82, 2.24) is 0 Å². The van der Waals surface area contributed by atoms with Gasteiger partial charge >= 0.3 is 0 Å². The zero-order chi connectivity index (χ0) is 14.7. The van der Waals surface area contributed by atoms with Gasteiger partial charge in [-0.05, 0) is 12.5 Å². The van der Waals surface area contributed by atoms with Gasteiger partial charge in [-0.25, -0.2) is 0 Å². The van der Waals surface area contributed by atoms with Crippen LogP contribution in [0.1, 0.15) is 27.1 Å². The predicted octanol–water partition coefficient (Wildman–Crippen LogP) is 2.75. The van der Waals surface area contributed by atoms with Crippen LogP contribution < -0.4 is 9.47 Å². The topological polar surface area (TPSA) is 52.6 Å². The van der Waals surface area contributed by atoms with Crippen molar-refractivity contribution in [3.8, 4) is 11.5 Å². The second-order valence-corrected chi connectivity index (χ2v) is 5.51. The lowest BCUT2D eigenvalue weighted by atomic mass is 9.79. The zero-order valence-corrected chi connectivity index (χ0v) is 11.5. The molecule has 2 unspecified atom stereocenters. The molecule has 0 saturated carbocycles. The molecule has 4 rings (SSSR count). The van der Waals surface area contributed by atoms with Crippen LogP contribution in [0.2, 0.25) is 0 Å². The van der Waals surface area contributed by atoms with E-state index >= 15 is 0 Å². The fourth-order valence-corrected chi connectivity index (χ4v) is 3.62. The summed E-state index contributed by atoms with van der Waals surface area (Å²) >= 11 is 0. The fourth-order valence-electron chi connectivity index (χ4n) is 3.62. The standard InChI is InChI=1S/C17H13O4/c1-20-10-6-11-15(12(7-10)21-2)17(19)14-9-4-3-8(5-9)13(14)16(11)18/h3-4,6-9H,2,5H2,1H3. The summed E-state index contributed by atoms with van der Waals surface area (Å²) < 4.78 is 10.2. The van der Waals surface area contributed by atoms with E-state index < -0.39 is 0 Å². The normalized spacial score (nSPS) is 25.2. The summed E-state index contributed by atoms with van der Waals surface area (Å²) in [5, 5.41) is 0.